The monoisotopic (exact) mass is 329 g/mol. The van der Waals surface area contributed by atoms with E-state index in [9.17, 15) is 26.7 Å². The Hall–Kier alpha value is -1.37. The number of carbonyl (C=O) groups is 1. The van der Waals surface area contributed by atoms with Gasteiger partial charge in [-0.25, -0.2) is 22.0 Å². The lowest BCUT2D eigenvalue weighted by molar-refractivity contribution is 0.0693. The van der Waals surface area contributed by atoms with Crippen LogP contribution in [-0.2, 0) is 0 Å². The molecule has 1 aromatic carbocycles. The van der Waals surface area contributed by atoms with Crippen molar-refractivity contribution in [3.63, 3.8) is 0 Å². The maximum Gasteiger partial charge on any atom is 0.260 e. The fraction of sp³-hybridized carbons (Fsp3) is 0.462. The van der Waals surface area contributed by atoms with Crippen molar-refractivity contribution in [2.24, 2.45) is 0 Å². The average Bonchev–Trinajstić information content (AvgIpc) is 2.43. The molecule has 0 spiro atoms. The molecule has 0 saturated heterocycles. The molecule has 21 heavy (non-hydrogen) atoms. The second-order valence-electron chi connectivity index (χ2n) is 4.58. The Morgan fingerprint density at radius 1 is 1.00 bits per heavy atom. The van der Waals surface area contributed by atoms with Crippen LogP contribution in [0.1, 0.15) is 30.6 Å². The lowest BCUT2D eigenvalue weighted by atomic mass is 10.1. The average molecular weight is 330 g/mol. The smallest absolute Gasteiger partial charge is 0.260 e. The minimum atomic E-state index is -2.29. The van der Waals surface area contributed by atoms with Gasteiger partial charge >= 0.3 is 0 Å². The van der Waals surface area contributed by atoms with E-state index in [4.69, 9.17) is 11.6 Å². The van der Waals surface area contributed by atoms with Gasteiger partial charge in [0.15, 0.2) is 23.3 Å². The third kappa shape index (κ3) is 3.45. The number of carbonyl (C=O) groups excluding carboxylic acids is 1. The van der Waals surface area contributed by atoms with Gasteiger partial charge in [0, 0.05) is 18.5 Å². The first-order chi connectivity index (χ1) is 9.73. The minimum absolute atomic E-state index is 0.0412. The van der Waals surface area contributed by atoms with E-state index < -0.39 is 46.6 Å². The van der Waals surface area contributed by atoms with E-state index >= 15 is 0 Å². The van der Waals surface area contributed by atoms with E-state index in [0.717, 1.165) is 4.90 Å². The van der Waals surface area contributed by atoms with Gasteiger partial charge in [-0.3, -0.25) is 4.79 Å². The van der Waals surface area contributed by atoms with Gasteiger partial charge in [-0.2, -0.15) is 0 Å². The Morgan fingerprint density at radius 2 is 1.43 bits per heavy atom. The van der Waals surface area contributed by atoms with Crippen LogP contribution >= 0.6 is 11.6 Å². The largest absolute Gasteiger partial charge is 0.336 e. The van der Waals surface area contributed by atoms with Gasteiger partial charge in [-0.05, 0) is 20.3 Å². The van der Waals surface area contributed by atoms with Gasteiger partial charge in [0.25, 0.3) is 5.91 Å². The molecule has 1 aromatic rings. The lowest BCUT2D eigenvalue weighted by Crippen LogP contribution is -2.39. The minimum Gasteiger partial charge on any atom is -0.336 e. The van der Waals surface area contributed by atoms with Crippen molar-refractivity contribution in [3.8, 4) is 0 Å². The van der Waals surface area contributed by atoms with E-state index in [2.05, 4.69) is 0 Å². The third-order valence-corrected chi connectivity index (χ3v) is 3.11. The fourth-order valence-electron chi connectivity index (χ4n) is 1.76. The highest BCUT2D eigenvalue weighted by molar-refractivity contribution is 6.17. The van der Waals surface area contributed by atoms with Crippen LogP contribution < -0.4 is 0 Å². The first kappa shape index (κ1) is 17.7. The summed E-state index contributed by atoms with van der Waals surface area (Å²) in [5.74, 6) is -11.9. The second kappa shape index (κ2) is 7.06. The van der Waals surface area contributed by atoms with Crippen molar-refractivity contribution >= 4 is 17.5 Å². The lowest BCUT2D eigenvalue weighted by Gasteiger charge is -2.27. The van der Waals surface area contributed by atoms with E-state index in [1.54, 1.807) is 13.8 Å². The molecule has 0 fully saturated rings. The molecular formula is C13H13ClF5NO. The molecule has 0 aliphatic rings. The van der Waals surface area contributed by atoms with Gasteiger partial charge in [-0.1, -0.05) is 0 Å². The van der Waals surface area contributed by atoms with Crippen LogP contribution in [0, 0.1) is 29.1 Å². The van der Waals surface area contributed by atoms with E-state index in [1.807, 2.05) is 0 Å². The molecular weight excluding hydrogens is 317 g/mol. The molecule has 0 saturated carbocycles. The zero-order chi connectivity index (χ0) is 16.3. The zero-order valence-electron chi connectivity index (χ0n) is 11.3. The van der Waals surface area contributed by atoms with E-state index in [0.29, 0.717) is 6.42 Å². The molecule has 0 aliphatic carbocycles. The molecule has 0 unspecified atom stereocenters. The van der Waals surface area contributed by atoms with Gasteiger partial charge in [0.05, 0.1) is 0 Å². The molecule has 0 aliphatic heterocycles. The van der Waals surface area contributed by atoms with Crippen LogP contribution in [-0.4, -0.2) is 29.3 Å². The molecule has 0 N–H and O–H groups in total. The van der Waals surface area contributed by atoms with Crippen LogP contribution in [0.2, 0.25) is 0 Å². The summed E-state index contributed by atoms with van der Waals surface area (Å²) in [6, 6.07) is -0.490. The summed E-state index contributed by atoms with van der Waals surface area (Å²) in [4.78, 5) is 13.1. The molecule has 1 amide bonds. The third-order valence-electron chi connectivity index (χ3n) is 2.84. The summed E-state index contributed by atoms with van der Waals surface area (Å²) in [5.41, 5.74) is -1.45. The highest BCUT2D eigenvalue weighted by atomic mass is 35.5. The number of benzene rings is 1. The zero-order valence-corrected chi connectivity index (χ0v) is 12.1. The molecule has 0 atom stereocenters. The highest BCUT2D eigenvalue weighted by Crippen LogP contribution is 2.24. The van der Waals surface area contributed by atoms with E-state index in [-0.39, 0.29) is 12.4 Å². The molecule has 0 aromatic heterocycles. The van der Waals surface area contributed by atoms with Crippen LogP contribution in [0.3, 0.4) is 0 Å². The quantitative estimate of drug-likeness (QED) is 0.348. The maximum atomic E-state index is 13.6. The Bertz CT molecular complexity index is 521. The SMILES string of the molecule is CC(C)N(CCCCl)C(=O)c1c(F)c(F)c(F)c(F)c1F. The summed E-state index contributed by atoms with van der Waals surface area (Å²) in [6.45, 7) is 3.15. The summed E-state index contributed by atoms with van der Waals surface area (Å²) < 4.78 is 66.4. The van der Waals surface area contributed by atoms with Gasteiger partial charge in [0.1, 0.15) is 5.56 Å². The molecule has 1 rings (SSSR count). The maximum absolute atomic E-state index is 13.6. The number of rotatable bonds is 5. The fourth-order valence-corrected chi connectivity index (χ4v) is 1.88. The summed E-state index contributed by atoms with van der Waals surface area (Å²) in [6.07, 6.45) is 0.320. The summed E-state index contributed by atoms with van der Waals surface area (Å²) in [5, 5.41) is 0. The summed E-state index contributed by atoms with van der Waals surface area (Å²) >= 11 is 5.48. The molecule has 2 nitrogen and oxygen atoms in total. The number of amides is 1. The Morgan fingerprint density at radius 3 is 1.81 bits per heavy atom. The Kier molecular flexibility index (Phi) is 5.95. The van der Waals surface area contributed by atoms with Crippen molar-refractivity contribution in [2.45, 2.75) is 26.3 Å². The molecule has 0 heterocycles. The number of halogens is 6. The van der Waals surface area contributed by atoms with Crippen LogP contribution in [0.5, 0.6) is 0 Å². The molecule has 0 radical (unpaired) electrons. The van der Waals surface area contributed by atoms with Crippen LogP contribution in [0.15, 0.2) is 0 Å². The molecule has 118 valence electrons. The molecule has 8 heteroatoms. The van der Waals surface area contributed by atoms with Crippen LogP contribution in [0.25, 0.3) is 0 Å². The Labute approximate surface area is 123 Å². The van der Waals surface area contributed by atoms with Crippen molar-refractivity contribution in [1.29, 1.82) is 0 Å². The second-order valence-corrected chi connectivity index (χ2v) is 4.96. The topological polar surface area (TPSA) is 20.3 Å². The highest BCUT2D eigenvalue weighted by Gasteiger charge is 2.32. The first-order valence-electron chi connectivity index (χ1n) is 6.12. The number of hydrogen-bond donors (Lipinski definition) is 0. The number of hydrogen-bond acceptors (Lipinski definition) is 1. The summed E-state index contributed by atoms with van der Waals surface area (Å²) in [7, 11) is 0. The van der Waals surface area contributed by atoms with Gasteiger partial charge in [0.2, 0.25) is 5.82 Å². The van der Waals surface area contributed by atoms with E-state index in [1.165, 1.54) is 0 Å². The predicted octanol–water partition coefficient (Wildman–Crippen LogP) is 3.86. The first-order valence-corrected chi connectivity index (χ1v) is 6.65. The van der Waals surface area contributed by atoms with Gasteiger partial charge < -0.3 is 4.90 Å². The van der Waals surface area contributed by atoms with Crippen molar-refractivity contribution < 1.29 is 26.7 Å². The van der Waals surface area contributed by atoms with Gasteiger partial charge in [-0.15, -0.1) is 11.6 Å². The van der Waals surface area contributed by atoms with Crippen molar-refractivity contribution in [2.75, 3.05) is 12.4 Å². The standard InChI is InChI=1S/C13H13ClF5NO/c1-6(2)20(5-3-4-14)13(21)7-8(15)10(17)12(19)11(18)9(7)16/h6H,3-5H2,1-2H3. The number of alkyl halides is 1. The Balaban J connectivity index is 3.35. The number of nitrogens with zero attached hydrogens (tertiary/aromatic N) is 1. The molecule has 0 bridgehead atoms. The van der Waals surface area contributed by atoms with Crippen molar-refractivity contribution in [3.05, 3.63) is 34.6 Å². The normalized spacial score (nSPS) is 11.1. The predicted molar refractivity (Wildman–Crippen MR) is 67.7 cm³/mol. The van der Waals surface area contributed by atoms with Crippen molar-refractivity contribution in [1.82, 2.24) is 4.90 Å². The van der Waals surface area contributed by atoms with Crippen LogP contribution in [0.4, 0.5) is 22.0 Å².